The fourth-order valence-electron chi connectivity index (χ4n) is 2.52. The molecule has 2 N–H and O–H groups in total. The number of rotatable bonds is 2. The Morgan fingerprint density at radius 3 is 2.85 bits per heavy atom. The van der Waals surface area contributed by atoms with E-state index in [4.69, 9.17) is 5.73 Å². The maximum Gasteiger partial charge on any atom is 0.182 e. The lowest BCUT2D eigenvalue weighted by Gasteiger charge is -2.22. The zero-order chi connectivity index (χ0) is 14.1. The number of tetrazole rings is 1. The number of anilines is 1. The number of benzene rings is 1. The van der Waals surface area contributed by atoms with E-state index in [0.29, 0.717) is 5.69 Å². The number of nitrogens with zero attached hydrogens (tertiary/aromatic N) is 4. The molecule has 0 radical (unpaired) electrons. The summed E-state index contributed by atoms with van der Waals surface area (Å²) in [5, 5.41) is 12.1. The summed E-state index contributed by atoms with van der Waals surface area (Å²) < 4.78 is 13.3. The molecule has 20 heavy (non-hydrogen) atoms. The van der Waals surface area contributed by atoms with E-state index in [1.54, 1.807) is 0 Å². The van der Waals surface area contributed by atoms with Gasteiger partial charge in [0.1, 0.15) is 0 Å². The molecule has 0 aliphatic carbocycles. The van der Waals surface area contributed by atoms with Crippen LogP contribution < -0.4 is 5.73 Å². The van der Waals surface area contributed by atoms with Crippen molar-refractivity contribution in [3.63, 3.8) is 0 Å². The molecule has 0 spiro atoms. The zero-order valence-electron chi connectivity index (χ0n) is 11.3. The minimum atomic E-state index is -0.684. The van der Waals surface area contributed by atoms with E-state index in [-0.39, 0.29) is 6.04 Å². The van der Waals surface area contributed by atoms with Crippen molar-refractivity contribution in [1.82, 2.24) is 20.2 Å². The van der Waals surface area contributed by atoms with Crippen LogP contribution in [0, 0.1) is 6.92 Å². The minimum absolute atomic E-state index is 0.221. The largest absolute Gasteiger partial charge is 0.399 e. The molecule has 1 saturated heterocycles. The Bertz CT molecular complexity index is 644. The number of aromatic nitrogens is 4. The van der Waals surface area contributed by atoms with E-state index in [1.165, 1.54) is 0 Å². The second kappa shape index (κ2) is 5.32. The molecule has 0 atom stereocenters. The van der Waals surface area contributed by atoms with Gasteiger partial charge in [-0.15, -0.1) is 5.10 Å². The van der Waals surface area contributed by atoms with Crippen molar-refractivity contribution < 1.29 is 4.21 Å². The van der Waals surface area contributed by atoms with Gasteiger partial charge in [0.25, 0.3) is 0 Å². The van der Waals surface area contributed by atoms with E-state index in [1.807, 2.05) is 29.8 Å². The molecule has 2 aromatic rings. The highest BCUT2D eigenvalue weighted by atomic mass is 32.2. The van der Waals surface area contributed by atoms with Crippen LogP contribution in [0.15, 0.2) is 18.2 Å². The molecular weight excluding hydrogens is 274 g/mol. The average Bonchev–Trinajstić information content (AvgIpc) is 2.91. The first-order chi connectivity index (χ1) is 9.65. The van der Waals surface area contributed by atoms with Gasteiger partial charge in [0.15, 0.2) is 5.82 Å². The lowest BCUT2D eigenvalue weighted by Crippen LogP contribution is -2.23. The quantitative estimate of drug-likeness (QED) is 0.843. The van der Waals surface area contributed by atoms with Gasteiger partial charge in [0.05, 0.1) is 6.04 Å². The number of nitrogen functional groups attached to an aromatic ring is 1. The van der Waals surface area contributed by atoms with Crippen LogP contribution in [-0.2, 0) is 10.8 Å². The number of nitrogens with two attached hydrogens (primary N) is 1. The summed E-state index contributed by atoms with van der Waals surface area (Å²) in [6, 6.07) is 5.97. The average molecular weight is 291 g/mol. The molecule has 2 heterocycles. The third-order valence-electron chi connectivity index (χ3n) is 3.70. The molecule has 0 amide bonds. The molecular formula is C13H17N5OS. The number of hydrogen-bond donors (Lipinski definition) is 1. The highest BCUT2D eigenvalue weighted by molar-refractivity contribution is 7.85. The molecule has 1 aromatic heterocycles. The van der Waals surface area contributed by atoms with Gasteiger partial charge < -0.3 is 5.73 Å². The second-order valence-corrected chi connectivity index (χ2v) is 6.80. The van der Waals surface area contributed by atoms with E-state index in [0.717, 1.165) is 41.3 Å². The lowest BCUT2D eigenvalue weighted by molar-refractivity contribution is 0.415. The Morgan fingerprint density at radius 2 is 2.10 bits per heavy atom. The molecule has 106 valence electrons. The van der Waals surface area contributed by atoms with Gasteiger partial charge >= 0.3 is 0 Å². The first kappa shape index (κ1) is 13.2. The molecule has 3 rings (SSSR count). The van der Waals surface area contributed by atoms with Crippen LogP contribution in [0.25, 0.3) is 11.4 Å². The Balaban J connectivity index is 1.97. The van der Waals surface area contributed by atoms with Crippen LogP contribution >= 0.6 is 0 Å². The predicted octanol–water partition coefficient (Wildman–Crippen LogP) is 1.31. The summed E-state index contributed by atoms with van der Waals surface area (Å²) >= 11 is 0. The molecule has 1 aromatic carbocycles. The van der Waals surface area contributed by atoms with Crippen molar-refractivity contribution in [2.75, 3.05) is 17.2 Å². The summed E-state index contributed by atoms with van der Waals surface area (Å²) in [5.74, 6) is 2.19. The van der Waals surface area contributed by atoms with Gasteiger partial charge in [-0.2, -0.15) is 0 Å². The normalized spacial score (nSPS) is 22.9. The summed E-state index contributed by atoms with van der Waals surface area (Å²) in [6.45, 7) is 2.02. The Hall–Kier alpha value is -1.76. The van der Waals surface area contributed by atoms with Crippen molar-refractivity contribution in [2.24, 2.45) is 0 Å². The molecule has 1 aliphatic rings. The predicted molar refractivity (Wildman–Crippen MR) is 78.5 cm³/mol. The van der Waals surface area contributed by atoms with Gasteiger partial charge in [0.2, 0.25) is 0 Å². The third kappa shape index (κ3) is 2.45. The monoisotopic (exact) mass is 291 g/mol. The van der Waals surface area contributed by atoms with Crippen molar-refractivity contribution in [1.29, 1.82) is 0 Å². The standard InChI is InChI=1S/C13H17N5OS/c1-9-2-3-10(14)8-12(9)13-15-16-17-18(13)11-4-6-20(19)7-5-11/h2-3,8,11H,4-7,14H2,1H3. The molecule has 0 bridgehead atoms. The molecule has 6 nitrogen and oxygen atoms in total. The van der Waals surface area contributed by atoms with Crippen LogP contribution in [0.3, 0.4) is 0 Å². The van der Waals surface area contributed by atoms with Crippen molar-refractivity contribution in [2.45, 2.75) is 25.8 Å². The third-order valence-corrected chi connectivity index (χ3v) is 5.08. The van der Waals surface area contributed by atoms with Crippen LogP contribution in [0.5, 0.6) is 0 Å². The maximum atomic E-state index is 11.5. The Labute approximate surface area is 119 Å². The minimum Gasteiger partial charge on any atom is -0.399 e. The van der Waals surface area contributed by atoms with Crippen LogP contribution in [0.4, 0.5) is 5.69 Å². The van der Waals surface area contributed by atoms with Gasteiger partial charge in [-0.1, -0.05) is 6.07 Å². The molecule has 0 unspecified atom stereocenters. The number of hydrogen-bond acceptors (Lipinski definition) is 5. The molecule has 1 fully saturated rings. The highest BCUT2D eigenvalue weighted by Crippen LogP contribution is 2.29. The van der Waals surface area contributed by atoms with Gasteiger partial charge in [0, 0.05) is 33.6 Å². The lowest BCUT2D eigenvalue weighted by atomic mass is 10.1. The highest BCUT2D eigenvalue weighted by Gasteiger charge is 2.24. The maximum absolute atomic E-state index is 11.5. The van der Waals surface area contributed by atoms with E-state index in [2.05, 4.69) is 15.5 Å². The topological polar surface area (TPSA) is 86.7 Å². The Morgan fingerprint density at radius 1 is 1.35 bits per heavy atom. The van der Waals surface area contributed by atoms with E-state index < -0.39 is 10.8 Å². The first-order valence-electron chi connectivity index (χ1n) is 6.64. The first-order valence-corrected chi connectivity index (χ1v) is 8.13. The van der Waals surface area contributed by atoms with Crippen molar-refractivity contribution >= 4 is 16.5 Å². The molecule has 0 saturated carbocycles. The SMILES string of the molecule is Cc1ccc(N)cc1-c1nnnn1C1CCS(=O)CC1. The Kier molecular flexibility index (Phi) is 3.52. The van der Waals surface area contributed by atoms with Crippen LogP contribution in [0.2, 0.25) is 0 Å². The summed E-state index contributed by atoms with van der Waals surface area (Å²) in [5.41, 5.74) is 8.61. The van der Waals surface area contributed by atoms with Crippen LogP contribution in [-0.4, -0.2) is 35.9 Å². The van der Waals surface area contributed by atoms with Gasteiger partial charge in [-0.25, -0.2) is 4.68 Å². The smallest absolute Gasteiger partial charge is 0.182 e. The fourth-order valence-corrected chi connectivity index (χ4v) is 3.80. The van der Waals surface area contributed by atoms with Crippen molar-refractivity contribution in [3.8, 4) is 11.4 Å². The van der Waals surface area contributed by atoms with E-state index in [9.17, 15) is 4.21 Å². The summed E-state index contributed by atoms with van der Waals surface area (Å²) in [7, 11) is -0.684. The summed E-state index contributed by atoms with van der Waals surface area (Å²) in [6.07, 6.45) is 1.71. The van der Waals surface area contributed by atoms with Crippen molar-refractivity contribution in [3.05, 3.63) is 23.8 Å². The van der Waals surface area contributed by atoms with Crippen LogP contribution in [0.1, 0.15) is 24.4 Å². The molecule has 7 heteroatoms. The van der Waals surface area contributed by atoms with Gasteiger partial charge in [-0.05, 0) is 47.9 Å². The number of aryl methyl sites for hydroxylation is 1. The fraction of sp³-hybridized carbons (Fsp3) is 0.462. The summed E-state index contributed by atoms with van der Waals surface area (Å²) in [4.78, 5) is 0. The zero-order valence-corrected chi connectivity index (χ0v) is 12.1. The second-order valence-electron chi connectivity index (χ2n) is 5.10. The van der Waals surface area contributed by atoms with Gasteiger partial charge in [-0.3, -0.25) is 4.21 Å². The van der Waals surface area contributed by atoms with E-state index >= 15 is 0 Å². The molecule has 1 aliphatic heterocycles.